The van der Waals surface area contributed by atoms with Gasteiger partial charge in [-0.2, -0.15) is 0 Å². The lowest BCUT2D eigenvalue weighted by atomic mass is 10.2. The highest BCUT2D eigenvalue weighted by Gasteiger charge is 2.12. The Labute approximate surface area is 123 Å². The maximum Gasteiger partial charge on any atom is 0.168 e. The van der Waals surface area contributed by atoms with E-state index in [2.05, 4.69) is 4.90 Å². The van der Waals surface area contributed by atoms with Crippen LogP contribution in [0.25, 0.3) is 0 Å². The highest BCUT2D eigenvalue weighted by molar-refractivity contribution is 5.34. The molecule has 0 atom stereocenters. The van der Waals surface area contributed by atoms with E-state index >= 15 is 0 Å². The lowest BCUT2D eigenvalue weighted by Crippen LogP contribution is -2.18. The molecule has 110 valence electrons. The van der Waals surface area contributed by atoms with Crippen LogP contribution in [0.1, 0.15) is 18.4 Å². The molecule has 1 saturated heterocycles. The van der Waals surface area contributed by atoms with Crippen molar-refractivity contribution in [2.45, 2.75) is 19.4 Å². The average molecular weight is 289 g/mol. The van der Waals surface area contributed by atoms with Crippen molar-refractivity contribution >= 4 is 0 Å². The molecule has 4 heteroatoms. The topological polar surface area (TPSA) is 12.5 Å². The van der Waals surface area contributed by atoms with Crippen LogP contribution in [0.2, 0.25) is 0 Å². The zero-order chi connectivity index (χ0) is 14.7. The van der Waals surface area contributed by atoms with Gasteiger partial charge in [0.2, 0.25) is 0 Å². The van der Waals surface area contributed by atoms with Gasteiger partial charge in [0.25, 0.3) is 0 Å². The van der Waals surface area contributed by atoms with E-state index in [1.807, 2.05) is 18.2 Å². The molecule has 1 fully saturated rings. The number of likely N-dealkylation sites (tertiary alicyclic amines) is 1. The van der Waals surface area contributed by atoms with Gasteiger partial charge in [-0.1, -0.05) is 12.1 Å². The van der Waals surface area contributed by atoms with E-state index in [0.29, 0.717) is 5.75 Å². The zero-order valence-electron chi connectivity index (χ0n) is 11.7. The molecule has 0 saturated carbocycles. The molecule has 0 unspecified atom stereocenters. The summed E-state index contributed by atoms with van der Waals surface area (Å²) in [5.41, 5.74) is 1.14. The van der Waals surface area contributed by atoms with Gasteiger partial charge >= 0.3 is 0 Å². The van der Waals surface area contributed by atoms with Crippen LogP contribution >= 0.6 is 0 Å². The minimum absolute atomic E-state index is 0.0368. The fourth-order valence-corrected chi connectivity index (χ4v) is 2.59. The standard InChI is InChI=1S/C17H17F2NO/c18-14-6-7-17(16(19)11-14)21-15-5-3-4-13(10-15)12-20-8-1-2-9-20/h3-7,10-11H,1-2,8-9,12H2. The predicted molar refractivity (Wildman–Crippen MR) is 77.4 cm³/mol. The van der Waals surface area contributed by atoms with Crippen molar-refractivity contribution in [1.29, 1.82) is 0 Å². The molecule has 0 amide bonds. The summed E-state index contributed by atoms with van der Waals surface area (Å²) in [5, 5.41) is 0. The van der Waals surface area contributed by atoms with Gasteiger partial charge in [0.1, 0.15) is 11.6 Å². The number of benzene rings is 2. The van der Waals surface area contributed by atoms with E-state index in [0.717, 1.165) is 31.3 Å². The number of ether oxygens (including phenoxy) is 1. The van der Waals surface area contributed by atoms with Crippen molar-refractivity contribution in [2.75, 3.05) is 13.1 Å². The molecular formula is C17H17F2NO. The summed E-state index contributed by atoms with van der Waals surface area (Å²) in [6, 6.07) is 10.9. The molecule has 21 heavy (non-hydrogen) atoms. The van der Waals surface area contributed by atoms with Crippen LogP contribution < -0.4 is 4.74 Å². The molecule has 0 aliphatic carbocycles. The van der Waals surface area contributed by atoms with Crippen molar-refractivity contribution < 1.29 is 13.5 Å². The van der Waals surface area contributed by atoms with Crippen LogP contribution in [-0.4, -0.2) is 18.0 Å². The Morgan fingerprint density at radius 2 is 1.81 bits per heavy atom. The Morgan fingerprint density at radius 3 is 2.57 bits per heavy atom. The Kier molecular flexibility index (Phi) is 4.15. The largest absolute Gasteiger partial charge is 0.454 e. The lowest BCUT2D eigenvalue weighted by molar-refractivity contribution is 0.330. The molecule has 2 aromatic rings. The lowest BCUT2D eigenvalue weighted by Gasteiger charge is -2.15. The smallest absolute Gasteiger partial charge is 0.168 e. The van der Waals surface area contributed by atoms with E-state index in [1.54, 1.807) is 6.07 Å². The van der Waals surface area contributed by atoms with Crippen LogP contribution in [-0.2, 0) is 6.54 Å². The maximum absolute atomic E-state index is 13.6. The molecule has 1 aliphatic heterocycles. The quantitative estimate of drug-likeness (QED) is 0.829. The van der Waals surface area contributed by atoms with Gasteiger partial charge in [0, 0.05) is 12.6 Å². The number of nitrogens with zero attached hydrogens (tertiary/aromatic N) is 1. The van der Waals surface area contributed by atoms with Crippen LogP contribution in [0.5, 0.6) is 11.5 Å². The maximum atomic E-state index is 13.6. The zero-order valence-corrected chi connectivity index (χ0v) is 11.7. The summed E-state index contributed by atoms with van der Waals surface area (Å²) >= 11 is 0. The van der Waals surface area contributed by atoms with Gasteiger partial charge < -0.3 is 4.74 Å². The molecule has 0 radical (unpaired) electrons. The first kappa shape index (κ1) is 14.0. The van der Waals surface area contributed by atoms with Crippen LogP contribution in [0.4, 0.5) is 8.78 Å². The van der Waals surface area contributed by atoms with Gasteiger partial charge in [-0.15, -0.1) is 0 Å². The molecule has 0 aromatic heterocycles. The van der Waals surface area contributed by atoms with Gasteiger partial charge in [-0.05, 0) is 55.8 Å². The van der Waals surface area contributed by atoms with E-state index < -0.39 is 11.6 Å². The molecule has 3 rings (SSSR count). The molecular weight excluding hydrogens is 272 g/mol. The van der Waals surface area contributed by atoms with Crippen LogP contribution in [0.15, 0.2) is 42.5 Å². The van der Waals surface area contributed by atoms with Gasteiger partial charge in [0.15, 0.2) is 11.6 Å². The molecule has 0 N–H and O–H groups in total. The van der Waals surface area contributed by atoms with Gasteiger partial charge in [-0.3, -0.25) is 4.90 Å². The second-order valence-corrected chi connectivity index (χ2v) is 5.31. The second-order valence-electron chi connectivity index (χ2n) is 5.31. The van der Waals surface area contributed by atoms with Crippen LogP contribution in [0.3, 0.4) is 0 Å². The third-order valence-electron chi connectivity index (χ3n) is 3.63. The number of hydrogen-bond donors (Lipinski definition) is 0. The normalized spacial score (nSPS) is 15.3. The summed E-state index contributed by atoms with van der Waals surface area (Å²) in [5.74, 6) is -0.700. The molecule has 1 heterocycles. The summed E-state index contributed by atoms with van der Waals surface area (Å²) in [6.07, 6.45) is 2.49. The summed E-state index contributed by atoms with van der Waals surface area (Å²) in [6.45, 7) is 3.12. The monoisotopic (exact) mass is 289 g/mol. The SMILES string of the molecule is Fc1ccc(Oc2cccc(CN3CCCC3)c2)c(F)c1. The number of halogens is 2. The van der Waals surface area contributed by atoms with Crippen molar-refractivity contribution in [3.63, 3.8) is 0 Å². The Bertz CT molecular complexity index is 624. The Balaban J connectivity index is 1.73. The molecule has 2 nitrogen and oxygen atoms in total. The molecule has 0 spiro atoms. The Hall–Kier alpha value is -1.94. The van der Waals surface area contributed by atoms with Crippen molar-refractivity contribution in [2.24, 2.45) is 0 Å². The van der Waals surface area contributed by atoms with E-state index in [4.69, 9.17) is 4.74 Å². The molecule has 2 aromatic carbocycles. The summed E-state index contributed by atoms with van der Waals surface area (Å²) in [7, 11) is 0. The first-order valence-corrected chi connectivity index (χ1v) is 7.15. The van der Waals surface area contributed by atoms with Crippen molar-refractivity contribution in [3.05, 3.63) is 59.7 Å². The first-order chi connectivity index (χ1) is 10.2. The highest BCUT2D eigenvalue weighted by Crippen LogP contribution is 2.26. The highest BCUT2D eigenvalue weighted by atomic mass is 19.1. The minimum Gasteiger partial charge on any atom is -0.454 e. The number of rotatable bonds is 4. The first-order valence-electron chi connectivity index (χ1n) is 7.15. The van der Waals surface area contributed by atoms with Gasteiger partial charge in [0.05, 0.1) is 0 Å². The van der Waals surface area contributed by atoms with E-state index in [1.165, 1.54) is 25.0 Å². The summed E-state index contributed by atoms with van der Waals surface area (Å²) in [4.78, 5) is 2.39. The second kappa shape index (κ2) is 6.22. The third-order valence-corrected chi connectivity index (χ3v) is 3.63. The molecule has 0 bridgehead atoms. The van der Waals surface area contributed by atoms with Crippen LogP contribution in [0, 0.1) is 11.6 Å². The Morgan fingerprint density at radius 1 is 1.00 bits per heavy atom. The predicted octanol–water partition coefficient (Wildman–Crippen LogP) is 4.35. The number of hydrogen-bond acceptors (Lipinski definition) is 2. The third kappa shape index (κ3) is 3.58. The van der Waals surface area contributed by atoms with E-state index in [-0.39, 0.29) is 5.75 Å². The fraction of sp³-hybridized carbons (Fsp3) is 0.294. The van der Waals surface area contributed by atoms with Crippen molar-refractivity contribution in [1.82, 2.24) is 4.90 Å². The molecule has 1 aliphatic rings. The summed E-state index contributed by atoms with van der Waals surface area (Å²) < 4.78 is 32.0. The fourth-order valence-electron chi connectivity index (χ4n) is 2.59. The average Bonchev–Trinajstić information content (AvgIpc) is 2.95. The van der Waals surface area contributed by atoms with Crippen molar-refractivity contribution in [3.8, 4) is 11.5 Å². The van der Waals surface area contributed by atoms with E-state index in [9.17, 15) is 8.78 Å². The van der Waals surface area contributed by atoms with Gasteiger partial charge in [-0.25, -0.2) is 8.78 Å². The minimum atomic E-state index is -0.694.